The zero-order valence-electron chi connectivity index (χ0n) is 10.9. The van der Waals surface area contributed by atoms with Gasteiger partial charge in [-0.2, -0.15) is 11.8 Å². The van der Waals surface area contributed by atoms with E-state index >= 15 is 0 Å². The van der Waals surface area contributed by atoms with Crippen LogP contribution >= 0.6 is 11.8 Å². The van der Waals surface area contributed by atoms with Gasteiger partial charge in [-0.3, -0.25) is 0 Å². The van der Waals surface area contributed by atoms with Gasteiger partial charge in [-0.15, -0.1) is 0 Å². The number of oxime groups is 1. The summed E-state index contributed by atoms with van der Waals surface area (Å²) < 4.78 is 0. The van der Waals surface area contributed by atoms with Gasteiger partial charge < -0.3 is 10.1 Å². The van der Waals surface area contributed by atoms with Gasteiger partial charge in [0.2, 0.25) is 0 Å². The van der Waals surface area contributed by atoms with Gasteiger partial charge in [-0.25, -0.2) is 0 Å². The van der Waals surface area contributed by atoms with E-state index < -0.39 is 0 Å². The zero-order valence-corrected chi connectivity index (χ0v) is 11.7. The summed E-state index contributed by atoms with van der Waals surface area (Å²) in [7, 11) is 0. The van der Waals surface area contributed by atoms with Crippen LogP contribution in [-0.2, 0) is 0 Å². The van der Waals surface area contributed by atoms with E-state index in [1.165, 1.54) is 19.3 Å². The molecule has 0 spiro atoms. The Balaban J connectivity index is 1.79. The SMILES string of the molecule is CCN(CC)CCS[C@@H]1/C(=N/O)[C@H]2CC[C@@H]1C2. The molecule has 2 aliphatic rings. The zero-order chi connectivity index (χ0) is 12.3. The van der Waals surface area contributed by atoms with Crippen LogP contribution in [0.25, 0.3) is 0 Å². The number of hydrogen-bond acceptors (Lipinski definition) is 4. The molecular formula is C13H24N2OS. The van der Waals surface area contributed by atoms with Gasteiger partial charge in [-0.05, 0) is 38.3 Å². The Labute approximate surface area is 109 Å². The lowest BCUT2D eigenvalue weighted by Gasteiger charge is -2.24. The van der Waals surface area contributed by atoms with Crippen molar-refractivity contribution in [3.05, 3.63) is 0 Å². The summed E-state index contributed by atoms with van der Waals surface area (Å²) in [6, 6.07) is 0. The number of hydrogen-bond donors (Lipinski definition) is 1. The number of thioether (sulfide) groups is 1. The second kappa shape index (κ2) is 6.10. The molecule has 0 aromatic carbocycles. The normalized spacial score (nSPS) is 34.1. The molecule has 2 rings (SSSR count). The average Bonchev–Trinajstić information content (AvgIpc) is 2.95. The van der Waals surface area contributed by atoms with E-state index in [-0.39, 0.29) is 0 Å². The minimum atomic E-state index is 0.509. The molecule has 4 heteroatoms. The van der Waals surface area contributed by atoms with E-state index in [2.05, 4.69) is 23.9 Å². The molecule has 3 nitrogen and oxygen atoms in total. The van der Waals surface area contributed by atoms with Crippen molar-refractivity contribution in [1.82, 2.24) is 4.90 Å². The summed E-state index contributed by atoms with van der Waals surface area (Å²) in [5, 5.41) is 13.2. The van der Waals surface area contributed by atoms with Gasteiger partial charge in [0.1, 0.15) is 0 Å². The highest BCUT2D eigenvalue weighted by Crippen LogP contribution is 2.47. The highest BCUT2D eigenvalue weighted by molar-refractivity contribution is 8.00. The molecule has 0 amide bonds. The first kappa shape index (κ1) is 13.2. The van der Waals surface area contributed by atoms with Gasteiger partial charge >= 0.3 is 0 Å². The second-order valence-corrected chi connectivity index (χ2v) is 6.36. The third kappa shape index (κ3) is 2.79. The second-order valence-electron chi connectivity index (χ2n) is 5.11. The van der Waals surface area contributed by atoms with Crippen LogP contribution < -0.4 is 0 Å². The van der Waals surface area contributed by atoms with Crippen LogP contribution in [0.1, 0.15) is 33.1 Å². The largest absolute Gasteiger partial charge is 0.411 e. The third-order valence-electron chi connectivity index (χ3n) is 4.33. The van der Waals surface area contributed by atoms with Crippen LogP contribution in [-0.4, -0.2) is 46.5 Å². The molecule has 0 radical (unpaired) electrons. The minimum absolute atomic E-state index is 0.509. The van der Waals surface area contributed by atoms with Gasteiger partial charge in [0.15, 0.2) is 0 Å². The maximum Gasteiger partial charge on any atom is 0.0734 e. The molecule has 2 bridgehead atoms. The van der Waals surface area contributed by atoms with Gasteiger partial charge in [0.25, 0.3) is 0 Å². The van der Waals surface area contributed by atoms with Crippen LogP contribution in [0.3, 0.4) is 0 Å². The van der Waals surface area contributed by atoms with Crippen molar-refractivity contribution in [3.8, 4) is 0 Å². The summed E-state index contributed by atoms with van der Waals surface area (Å²) in [4.78, 5) is 2.45. The molecule has 98 valence electrons. The van der Waals surface area contributed by atoms with Crippen LogP contribution in [0.15, 0.2) is 5.16 Å². The molecule has 0 aromatic rings. The first-order chi connectivity index (χ1) is 8.30. The number of nitrogens with zero attached hydrogens (tertiary/aromatic N) is 2. The summed E-state index contributed by atoms with van der Waals surface area (Å²) in [6.07, 6.45) is 3.85. The average molecular weight is 256 g/mol. The molecule has 0 heterocycles. The maximum absolute atomic E-state index is 9.12. The number of fused-ring (bicyclic) bond motifs is 2. The molecule has 0 saturated heterocycles. The maximum atomic E-state index is 9.12. The predicted octanol–water partition coefficient (Wildman–Crippen LogP) is 2.69. The van der Waals surface area contributed by atoms with Crippen molar-refractivity contribution < 1.29 is 5.21 Å². The van der Waals surface area contributed by atoms with Gasteiger partial charge in [-0.1, -0.05) is 19.0 Å². The van der Waals surface area contributed by atoms with E-state index in [0.717, 1.165) is 37.0 Å². The molecule has 0 aromatic heterocycles. The molecule has 2 fully saturated rings. The Kier molecular flexibility index (Phi) is 4.74. The van der Waals surface area contributed by atoms with Crippen LogP contribution in [0, 0.1) is 11.8 Å². The molecule has 0 aliphatic heterocycles. The Morgan fingerprint density at radius 3 is 2.76 bits per heavy atom. The monoisotopic (exact) mass is 256 g/mol. The van der Waals surface area contributed by atoms with Crippen molar-refractivity contribution in [2.75, 3.05) is 25.4 Å². The van der Waals surface area contributed by atoms with Crippen molar-refractivity contribution in [2.24, 2.45) is 17.0 Å². The van der Waals surface area contributed by atoms with Gasteiger partial charge in [0.05, 0.1) is 5.71 Å². The van der Waals surface area contributed by atoms with E-state index in [0.29, 0.717) is 11.2 Å². The topological polar surface area (TPSA) is 35.8 Å². The molecule has 1 N–H and O–H groups in total. The molecular weight excluding hydrogens is 232 g/mol. The Morgan fingerprint density at radius 2 is 2.12 bits per heavy atom. The lowest BCUT2D eigenvalue weighted by atomic mass is 9.98. The van der Waals surface area contributed by atoms with Crippen molar-refractivity contribution in [2.45, 2.75) is 38.4 Å². The summed E-state index contributed by atoms with van der Waals surface area (Å²) in [5.41, 5.74) is 1.09. The van der Waals surface area contributed by atoms with E-state index in [1.54, 1.807) is 0 Å². The molecule has 17 heavy (non-hydrogen) atoms. The first-order valence-corrected chi connectivity index (χ1v) is 7.90. The van der Waals surface area contributed by atoms with E-state index in [4.69, 9.17) is 5.21 Å². The fourth-order valence-corrected chi connectivity index (χ4v) is 4.79. The summed E-state index contributed by atoms with van der Waals surface area (Å²) in [6.45, 7) is 7.85. The highest BCUT2D eigenvalue weighted by atomic mass is 32.2. The Bertz CT molecular complexity index is 279. The lowest BCUT2D eigenvalue weighted by molar-refractivity contribution is 0.313. The predicted molar refractivity (Wildman–Crippen MR) is 74.1 cm³/mol. The summed E-state index contributed by atoms with van der Waals surface area (Å²) in [5.74, 6) is 2.54. The molecule has 3 atom stereocenters. The lowest BCUT2D eigenvalue weighted by Crippen LogP contribution is -2.29. The summed E-state index contributed by atoms with van der Waals surface area (Å²) >= 11 is 2.01. The molecule has 0 unspecified atom stereocenters. The van der Waals surface area contributed by atoms with E-state index in [9.17, 15) is 0 Å². The highest BCUT2D eigenvalue weighted by Gasteiger charge is 2.45. The third-order valence-corrected chi connectivity index (χ3v) is 5.73. The number of rotatable bonds is 6. The van der Waals surface area contributed by atoms with Crippen LogP contribution in [0.2, 0.25) is 0 Å². The van der Waals surface area contributed by atoms with Gasteiger partial charge in [0, 0.05) is 23.5 Å². The minimum Gasteiger partial charge on any atom is -0.411 e. The Hall–Kier alpha value is -0.220. The smallest absolute Gasteiger partial charge is 0.0734 e. The fraction of sp³-hybridized carbons (Fsp3) is 0.923. The first-order valence-electron chi connectivity index (χ1n) is 6.85. The quantitative estimate of drug-likeness (QED) is 0.586. The standard InChI is InChI=1S/C13H24N2OS/c1-3-15(4-2)7-8-17-13-11-6-5-10(9-11)12(13)14-16/h10-11,13,16H,3-9H2,1-2H3/b14-12+/t10-,11+,13-/m0/s1. The van der Waals surface area contributed by atoms with Crippen molar-refractivity contribution in [1.29, 1.82) is 0 Å². The van der Waals surface area contributed by atoms with Crippen molar-refractivity contribution in [3.63, 3.8) is 0 Å². The van der Waals surface area contributed by atoms with E-state index in [1.807, 2.05) is 11.8 Å². The van der Waals surface area contributed by atoms with Crippen LogP contribution in [0.4, 0.5) is 0 Å². The fourth-order valence-electron chi connectivity index (χ4n) is 3.24. The molecule has 2 saturated carbocycles. The van der Waals surface area contributed by atoms with Crippen LogP contribution in [0.5, 0.6) is 0 Å². The van der Waals surface area contributed by atoms with Crippen molar-refractivity contribution >= 4 is 17.5 Å². The molecule has 2 aliphatic carbocycles. The Morgan fingerprint density at radius 1 is 1.35 bits per heavy atom.